The van der Waals surface area contributed by atoms with E-state index in [-0.39, 0.29) is 0 Å². The van der Waals surface area contributed by atoms with Crippen LogP contribution in [0, 0.1) is 5.92 Å². The molecule has 0 amide bonds. The first-order valence-electron chi connectivity index (χ1n) is 8.49. The highest BCUT2D eigenvalue weighted by Gasteiger charge is 2.14. The van der Waals surface area contributed by atoms with Gasteiger partial charge in [0.1, 0.15) is 5.75 Å². The first-order valence-corrected chi connectivity index (χ1v) is 8.49. The van der Waals surface area contributed by atoms with E-state index in [9.17, 15) is 0 Å². The average molecular weight is 288 g/mol. The van der Waals surface area contributed by atoms with Crippen LogP contribution in [0.4, 0.5) is 0 Å². The third-order valence-corrected chi connectivity index (χ3v) is 4.61. The van der Waals surface area contributed by atoms with Crippen LogP contribution >= 0.6 is 0 Å². The van der Waals surface area contributed by atoms with Crippen LogP contribution in [0.3, 0.4) is 0 Å². The van der Waals surface area contributed by atoms with Crippen molar-refractivity contribution in [2.24, 2.45) is 5.92 Å². The SMILES string of the molecule is CC(CNCCc1ccc2c(c1)CCO2)CN1CCCC1. The zero-order chi connectivity index (χ0) is 14.5. The number of hydrogen-bond donors (Lipinski definition) is 1. The lowest BCUT2D eigenvalue weighted by Crippen LogP contribution is -2.32. The van der Waals surface area contributed by atoms with Gasteiger partial charge in [0, 0.05) is 13.0 Å². The predicted octanol–water partition coefficient (Wildman–Crippen LogP) is 2.49. The molecule has 3 nitrogen and oxygen atoms in total. The Kier molecular flexibility index (Phi) is 5.15. The largest absolute Gasteiger partial charge is 0.493 e. The van der Waals surface area contributed by atoms with Gasteiger partial charge in [-0.05, 0) is 68.6 Å². The van der Waals surface area contributed by atoms with Crippen LogP contribution in [0.15, 0.2) is 18.2 Å². The number of likely N-dealkylation sites (tertiary alicyclic amines) is 1. The third-order valence-electron chi connectivity index (χ3n) is 4.61. The van der Waals surface area contributed by atoms with Gasteiger partial charge in [-0.2, -0.15) is 0 Å². The van der Waals surface area contributed by atoms with E-state index in [1.807, 2.05) is 0 Å². The molecule has 1 unspecified atom stereocenters. The van der Waals surface area contributed by atoms with E-state index in [0.717, 1.165) is 44.2 Å². The van der Waals surface area contributed by atoms with Crippen LogP contribution in [0.25, 0.3) is 0 Å². The third kappa shape index (κ3) is 4.21. The molecule has 1 fully saturated rings. The Morgan fingerprint density at radius 2 is 2.14 bits per heavy atom. The van der Waals surface area contributed by atoms with E-state index in [1.54, 1.807) is 0 Å². The number of benzene rings is 1. The molecule has 116 valence electrons. The Bertz CT molecular complexity index is 455. The van der Waals surface area contributed by atoms with Crippen molar-refractivity contribution in [3.63, 3.8) is 0 Å². The van der Waals surface area contributed by atoms with Gasteiger partial charge in [0.25, 0.3) is 0 Å². The molecule has 1 aromatic rings. The van der Waals surface area contributed by atoms with Gasteiger partial charge in [-0.15, -0.1) is 0 Å². The van der Waals surface area contributed by atoms with Crippen LogP contribution in [0.5, 0.6) is 5.75 Å². The molecule has 0 spiro atoms. The normalized spacial score (nSPS) is 19.5. The van der Waals surface area contributed by atoms with E-state index in [4.69, 9.17) is 4.74 Å². The summed E-state index contributed by atoms with van der Waals surface area (Å²) in [6.07, 6.45) is 4.97. The minimum absolute atomic E-state index is 0.747. The summed E-state index contributed by atoms with van der Waals surface area (Å²) in [7, 11) is 0. The van der Waals surface area contributed by atoms with Crippen LogP contribution in [0.2, 0.25) is 0 Å². The Balaban J connectivity index is 1.34. The summed E-state index contributed by atoms with van der Waals surface area (Å²) in [6, 6.07) is 6.66. The minimum atomic E-state index is 0.747. The summed E-state index contributed by atoms with van der Waals surface area (Å²) in [5.74, 6) is 1.84. The Hall–Kier alpha value is -1.06. The number of hydrogen-bond acceptors (Lipinski definition) is 3. The first-order chi connectivity index (χ1) is 10.3. The van der Waals surface area contributed by atoms with Crippen molar-refractivity contribution >= 4 is 0 Å². The first kappa shape index (κ1) is 14.9. The number of fused-ring (bicyclic) bond motifs is 1. The molecule has 1 saturated heterocycles. The molecule has 1 aromatic carbocycles. The quantitative estimate of drug-likeness (QED) is 0.780. The van der Waals surface area contributed by atoms with E-state index in [1.165, 1.54) is 43.6 Å². The summed E-state index contributed by atoms with van der Waals surface area (Å²) < 4.78 is 5.55. The van der Waals surface area contributed by atoms with E-state index in [0.29, 0.717) is 0 Å². The molecule has 1 N–H and O–H groups in total. The van der Waals surface area contributed by atoms with Crippen molar-refractivity contribution in [3.8, 4) is 5.75 Å². The number of rotatable bonds is 7. The lowest BCUT2D eigenvalue weighted by Gasteiger charge is -2.20. The fraction of sp³-hybridized carbons (Fsp3) is 0.667. The second kappa shape index (κ2) is 7.28. The molecule has 1 atom stereocenters. The zero-order valence-corrected chi connectivity index (χ0v) is 13.2. The lowest BCUT2D eigenvalue weighted by molar-refractivity contribution is 0.283. The van der Waals surface area contributed by atoms with Gasteiger partial charge < -0.3 is 15.0 Å². The molecule has 2 heterocycles. The van der Waals surface area contributed by atoms with Gasteiger partial charge >= 0.3 is 0 Å². The van der Waals surface area contributed by atoms with Gasteiger partial charge in [-0.25, -0.2) is 0 Å². The monoisotopic (exact) mass is 288 g/mol. The highest BCUT2D eigenvalue weighted by atomic mass is 16.5. The van der Waals surface area contributed by atoms with Gasteiger partial charge in [-0.3, -0.25) is 0 Å². The molecule has 2 aliphatic heterocycles. The van der Waals surface area contributed by atoms with E-state index in [2.05, 4.69) is 35.3 Å². The van der Waals surface area contributed by atoms with Gasteiger partial charge in [0.15, 0.2) is 0 Å². The Labute approximate surface area is 128 Å². The van der Waals surface area contributed by atoms with Crippen molar-refractivity contribution in [1.82, 2.24) is 10.2 Å². The van der Waals surface area contributed by atoms with Crippen LogP contribution in [-0.4, -0.2) is 44.2 Å². The Morgan fingerprint density at radius 1 is 1.29 bits per heavy atom. The summed E-state index contributed by atoms with van der Waals surface area (Å²) in [6.45, 7) is 9.28. The molecule has 0 aliphatic carbocycles. The molecule has 0 radical (unpaired) electrons. The minimum Gasteiger partial charge on any atom is -0.493 e. The fourth-order valence-electron chi connectivity index (χ4n) is 3.45. The topological polar surface area (TPSA) is 24.5 Å². The van der Waals surface area contributed by atoms with E-state index >= 15 is 0 Å². The molecule has 3 rings (SSSR count). The molecule has 2 aliphatic rings. The maximum absolute atomic E-state index is 5.55. The van der Waals surface area contributed by atoms with Crippen LogP contribution < -0.4 is 10.1 Å². The maximum Gasteiger partial charge on any atom is 0.122 e. The molecule has 3 heteroatoms. The second-order valence-corrected chi connectivity index (χ2v) is 6.61. The van der Waals surface area contributed by atoms with Crippen LogP contribution in [-0.2, 0) is 12.8 Å². The van der Waals surface area contributed by atoms with Crippen molar-refractivity contribution in [3.05, 3.63) is 29.3 Å². The molecular formula is C18H28N2O. The van der Waals surface area contributed by atoms with E-state index < -0.39 is 0 Å². The summed E-state index contributed by atoms with van der Waals surface area (Å²) in [5.41, 5.74) is 2.81. The maximum atomic E-state index is 5.55. The smallest absolute Gasteiger partial charge is 0.122 e. The molecular weight excluding hydrogens is 260 g/mol. The van der Waals surface area contributed by atoms with Gasteiger partial charge in [-0.1, -0.05) is 19.1 Å². The number of nitrogens with zero attached hydrogens (tertiary/aromatic N) is 1. The average Bonchev–Trinajstić information content (AvgIpc) is 3.14. The molecule has 0 bridgehead atoms. The highest BCUT2D eigenvalue weighted by molar-refractivity contribution is 5.39. The van der Waals surface area contributed by atoms with Gasteiger partial charge in [0.05, 0.1) is 6.61 Å². The molecule has 0 saturated carbocycles. The zero-order valence-electron chi connectivity index (χ0n) is 13.2. The van der Waals surface area contributed by atoms with Crippen molar-refractivity contribution < 1.29 is 4.74 Å². The lowest BCUT2D eigenvalue weighted by atomic mass is 10.1. The second-order valence-electron chi connectivity index (χ2n) is 6.61. The summed E-state index contributed by atoms with van der Waals surface area (Å²) in [4.78, 5) is 2.60. The fourth-order valence-corrected chi connectivity index (χ4v) is 3.45. The van der Waals surface area contributed by atoms with Crippen LogP contribution in [0.1, 0.15) is 30.9 Å². The summed E-state index contributed by atoms with van der Waals surface area (Å²) >= 11 is 0. The molecule has 21 heavy (non-hydrogen) atoms. The Morgan fingerprint density at radius 3 is 3.00 bits per heavy atom. The van der Waals surface area contributed by atoms with Crippen molar-refractivity contribution in [2.75, 3.05) is 39.3 Å². The predicted molar refractivity (Wildman–Crippen MR) is 87.1 cm³/mol. The van der Waals surface area contributed by atoms with Crippen molar-refractivity contribution in [1.29, 1.82) is 0 Å². The summed E-state index contributed by atoms with van der Waals surface area (Å²) in [5, 5.41) is 3.62. The van der Waals surface area contributed by atoms with Gasteiger partial charge in [0.2, 0.25) is 0 Å². The number of nitrogens with one attached hydrogen (secondary N) is 1. The molecule has 0 aromatic heterocycles. The highest BCUT2D eigenvalue weighted by Crippen LogP contribution is 2.25. The van der Waals surface area contributed by atoms with Crippen molar-refractivity contribution in [2.45, 2.75) is 32.6 Å². The standard InChI is InChI=1S/C18H28N2O/c1-15(14-20-9-2-3-10-20)13-19-8-6-16-4-5-18-17(12-16)7-11-21-18/h4-5,12,15,19H,2-3,6-11,13-14H2,1H3. The number of ether oxygens (including phenoxy) is 1.